The van der Waals surface area contributed by atoms with Crippen molar-refractivity contribution in [1.29, 1.82) is 0 Å². The molecule has 1 aliphatic rings. The van der Waals surface area contributed by atoms with Crippen molar-refractivity contribution in [2.75, 3.05) is 13.1 Å². The number of nitrogens with one attached hydrogen (secondary N) is 1. The molecule has 2 heterocycles. The van der Waals surface area contributed by atoms with Crippen molar-refractivity contribution >= 4 is 0 Å². The minimum absolute atomic E-state index is 0.0925. The van der Waals surface area contributed by atoms with Crippen LogP contribution in [0.15, 0.2) is 48.7 Å². The summed E-state index contributed by atoms with van der Waals surface area (Å²) in [7, 11) is 0. The Labute approximate surface area is 120 Å². The summed E-state index contributed by atoms with van der Waals surface area (Å²) in [4.78, 5) is 4.36. The number of benzene rings is 1. The predicted octanol–water partition coefficient (Wildman–Crippen LogP) is 3.27. The van der Waals surface area contributed by atoms with Crippen LogP contribution >= 0.6 is 0 Å². The molecule has 3 heteroatoms. The van der Waals surface area contributed by atoms with Crippen LogP contribution in [0.2, 0.25) is 0 Å². The second-order valence-corrected chi connectivity index (χ2v) is 5.57. The molecule has 0 saturated carbocycles. The molecule has 1 unspecified atom stereocenters. The summed E-state index contributed by atoms with van der Waals surface area (Å²) in [6.45, 7) is 4.18. The summed E-state index contributed by atoms with van der Waals surface area (Å²) < 4.78 is 6.15. The van der Waals surface area contributed by atoms with Gasteiger partial charge < -0.3 is 10.1 Å². The number of pyridine rings is 1. The average Bonchev–Trinajstić information content (AvgIpc) is 2.49. The maximum atomic E-state index is 6.15. The number of nitrogens with zero attached hydrogens (tertiary/aromatic N) is 1. The van der Waals surface area contributed by atoms with Crippen LogP contribution in [0.3, 0.4) is 0 Å². The monoisotopic (exact) mass is 268 g/mol. The fourth-order valence-electron chi connectivity index (χ4n) is 2.63. The lowest BCUT2D eigenvalue weighted by molar-refractivity contribution is 0.0615. The third-order valence-electron chi connectivity index (χ3n) is 3.74. The van der Waals surface area contributed by atoms with Gasteiger partial charge in [-0.15, -0.1) is 0 Å². The van der Waals surface area contributed by atoms with E-state index < -0.39 is 0 Å². The van der Waals surface area contributed by atoms with Crippen molar-refractivity contribution in [3.8, 4) is 17.0 Å². The Morgan fingerprint density at radius 2 is 2.00 bits per heavy atom. The lowest BCUT2D eigenvalue weighted by Crippen LogP contribution is -2.47. The molecule has 3 rings (SSSR count). The zero-order valence-corrected chi connectivity index (χ0v) is 11.8. The van der Waals surface area contributed by atoms with E-state index in [0.717, 1.165) is 36.5 Å². The molecule has 104 valence electrons. The number of aromatic nitrogens is 1. The molecule has 1 aliphatic heterocycles. The first-order valence-electron chi connectivity index (χ1n) is 7.16. The van der Waals surface area contributed by atoms with Gasteiger partial charge in [0, 0.05) is 18.3 Å². The molecule has 0 radical (unpaired) electrons. The second kappa shape index (κ2) is 5.63. The molecular weight excluding hydrogens is 248 g/mol. The molecule has 1 atom stereocenters. The van der Waals surface area contributed by atoms with Crippen LogP contribution in [0.5, 0.6) is 5.75 Å². The summed E-state index contributed by atoms with van der Waals surface area (Å²) >= 11 is 0. The topological polar surface area (TPSA) is 34.1 Å². The van der Waals surface area contributed by atoms with Crippen LogP contribution in [-0.4, -0.2) is 23.7 Å². The van der Waals surface area contributed by atoms with Crippen LogP contribution < -0.4 is 10.1 Å². The maximum Gasteiger partial charge on any atom is 0.120 e. The number of hydrogen-bond acceptors (Lipinski definition) is 3. The zero-order chi connectivity index (χ0) is 13.8. The van der Waals surface area contributed by atoms with E-state index in [-0.39, 0.29) is 5.60 Å². The largest absolute Gasteiger partial charge is 0.486 e. The highest BCUT2D eigenvalue weighted by Crippen LogP contribution is 2.26. The number of piperidine rings is 1. The standard InChI is InChI=1S/C17H20N2O/c1-17(10-4-11-18-13-17)20-15-8-6-14(7-9-15)16-5-2-3-12-19-16/h2-3,5-9,12,18H,4,10-11,13H2,1H3. The first-order valence-corrected chi connectivity index (χ1v) is 7.16. The highest BCUT2D eigenvalue weighted by molar-refractivity contribution is 5.59. The summed E-state index contributed by atoms with van der Waals surface area (Å²) in [5.74, 6) is 0.927. The van der Waals surface area contributed by atoms with Gasteiger partial charge in [-0.1, -0.05) is 6.07 Å². The third-order valence-corrected chi connectivity index (χ3v) is 3.74. The minimum Gasteiger partial charge on any atom is -0.486 e. The Kier molecular flexibility index (Phi) is 3.70. The van der Waals surface area contributed by atoms with Gasteiger partial charge in [-0.2, -0.15) is 0 Å². The van der Waals surface area contributed by atoms with Crippen molar-refractivity contribution in [1.82, 2.24) is 10.3 Å². The number of rotatable bonds is 3. The van der Waals surface area contributed by atoms with E-state index in [1.807, 2.05) is 36.5 Å². The van der Waals surface area contributed by atoms with Crippen molar-refractivity contribution in [2.24, 2.45) is 0 Å². The maximum absolute atomic E-state index is 6.15. The van der Waals surface area contributed by atoms with Crippen molar-refractivity contribution in [3.05, 3.63) is 48.7 Å². The average molecular weight is 268 g/mol. The summed E-state index contributed by atoms with van der Waals surface area (Å²) in [5, 5.41) is 3.40. The van der Waals surface area contributed by atoms with Crippen LogP contribution in [-0.2, 0) is 0 Å². The van der Waals surface area contributed by atoms with Crippen LogP contribution in [0, 0.1) is 0 Å². The minimum atomic E-state index is -0.0925. The van der Waals surface area contributed by atoms with E-state index in [2.05, 4.69) is 29.4 Å². The fourth-order valence-corrected chi connectivity index (χ4v) is 2.63. The van der Waals surface area contributed by atoms with E-state index in [1.165, 1.54) is 6.42 Å². The molecule has 1 N–H and O–H groups in total. The van der Waals surface area contributed by atoms with Gasteiger partial charge in [0.25, 0.3) is 0 Å². The van der Waals surface area contributed by atoms with Gasteiger partial charge in [0.2, 0.25) is 0 Å². The van der Waals surface area contributed by atoms with Crippen LogP contribution in [0.1, 0.15) is 19.8 Å². The summed E-state index contributed by atoms with van der Waals surface area (Å²) in [6, 6.07) is 14.1. The van der Waals surface area contributed by atoms with E-state index in [4.69, 9.17) is 4.74 Å². The third kappa shape index (κ3) is 2.99. The van der Waals surface area contributed by atoms with Gasteiger partial charge in [0.1, 0.15) is 11.4 Å². The molecule has 20 heavy (non-hydrogen) atoms. The van der Waals surface area contributed by atoms with Crippen molar-refractivity contribution < 1.29 is 4.74 Å². The van der Waals surface area contributed by atoms with Crippen molar-refractivity contribution in [2.45, 2.75) is 25.4 Å². The van der Waals surface area contributed by atoms with E-state index in [9.17, 15) is 0 Å². The normalized spacial score (nSPS) is 22.4. The van der Waals surface area contributed by atoms with Gasteiger partial charge in [0.15, 0.2) is 0 Å². The van der Waals surface area contributed by atoms with Gasteiger partial charge in [-0.25, -0.2) is 0 Å². The van der Waals surface area contributed by atoms with Gasteiger partial charge in [0.05, 0.1) is 5.69 Å². The SMILES string of the molecule is CC1(Oc2ccc(-c3ccccn3)cc2)CCCNC1. The summed E-state index contributed by atoms with van der Waals surface area (Å²) in [6.07, 6.45) is 4.08. The molecule has 2 aromatic rings. The Morgan fingerprint density at radius 1 is 1.15 bits per heavy atom. The Bertz CT molecular complexity index is 545. The van der Waals surface area contributed by atoms with Crippen LogP contribution in [0.25, 0.3) is 11.3 Å². The second-order valence-electron chi connectivity index (χ2n) is 5.57. The number of ether oxygens (including phenoxy) is 1. The summed E-state index contributed by atoms with van der Waals surface area (Å²) in [5.41, 5.74) is 2.01. The molecule has 3 nitrogen and oxygen atoms in total. The quantitative estimate of drug-likeness (QED) is 0.927. The smallest absolute Gasteiger partial charge is 0.120 e. The molecule has 0 bridgehead atoms. The number of hydrogen-bond donors (Lipinski definition) is 1. The van der Waals surface area contributed by atoms with E-state index in [1.54, 1.807) is 0 Å². The lowest BCUT2D eigenvalue weighted by Gasteiger charge is -2.34. The molecule has 1 aromatic heterocycles. The first kappa shape index (κ1) is 13.1. The lowest BCUT2D eigenvalue weighted by atomic mass is 9.96. The highest BCUT2D eigenvalue weighted by Gasteiger charge is 2.28. The molecule has 0 amide bonds. The van der Waals surface area contributed by atoms with Crippen LogP contribution in [0.4, 0.5) is 0 Å². The Hall–Kier alpha value is -1.87. The molecule has 1 saturated heterocycles. The molecule has 1 aromatic carbocycles. The highest BCUT2D eigenvalue weighted by atomic mass is 16.5. The van der Waals surface area contributed by atoms with E-state index in [0.29, 0.717) is 0 Å². The molecule has 0 aliphatic carbocycles. The molecule has 1 fully saturated rings. The Balaban J connectivity index is 1.73. The van der Waals surface area contributed by atoms with Crippen molar-refractivity contribution in [3.63, 3.8) is 0 Å². The molecule has 0 spiro atoms. The van der Waals surface area contributed by atoms with E-state index >= 15 is 0 Å². The first-order chi connectivity index (χ1) is 9.75. The fraction of sp³-hybridized carbons (Fsp3) is 0.353. The zero-order valence-electron chi connectivity index (χ0n) is 11.8. The predicted molar refractivity (Wildman–Crippen MR) is 80.8 cm³/mol. The molecular formula is C17H20N2O. The van der Waals surface area contributed by atoms with Gasteiger partial charge >= 0.3 is 0 Å². The Morgan fingerprint density at radius 3 is 2.65 bits per heavy atom. The van der Waals surface area contributed by atoms with Gasteiger partial charge in [-0.3, -0.25) is 4.98 Å². The van der Waals surface area contributed by atoms with Gasteiger partial charge in [-0.05, 0) is 62.7 Å².